The lowest BCUT2D eigenvalue weighted by molar-refractivity contribution is 0.520. The third-order valence-corrected chi connectivity index (χ3v) is 5.62. The van der Waals surface area contributed by atoms with E-state index in [-0.39, 0.29) is 18.0 Å². The molecule has 2 heteroatoms. The Balaban J connectivity index is 2.26. The van der Waals surface area contributed by atoms with E-state index in [2.05, 4.69) is 112 Å². The van der Waals surface area contributed by atoms with Crippen LogP contribution in [0.15, 0.2) is 91.3 Å². The summed E-state index contributed by atoms with van der Waals surface area (Å²) in [6.45, 7) is 21.8. The van der Waals surface area contributed by atoms with Crippen molar-refractivity contribution >= 4 is 11.4 Å². The van der Waals surface area contributed by atoms with Crippen molar-refractivity contribution < 1.29 is 0 Å². The quantitative estimate of drug-likeness (QED) is 0.561. The highest BCUT2D eigenvalue weighted by atomic mass is 15.3. The molecule has 3 rings (SSSR count). The number of hydrogen-bond donors (Lipinski definition) is 0. The largest absolute Gasteiger partial charge is 0.341 e. The molecule has 1 aliphatic heterocycles. The average molecular weight is 359 g/mol. The molecule has 0 spiro atoms. The van der Waals surface area contributed by atoms with Crippen molar-refractivity contribution in [1.82, 2.24) is 0 Å². The number of allylic oxidation sites excluding steroid dienone is 1. The zero-order valence-corrected chi connectivity index (χ0v) is 16.9. The molecule has 0 amide bonds. The molecule has 0 fully saturated rings. The van der Waals surface area contributed by atoms with Crippen LogP contribution < -0.4 is 9.80 Å². The van der Waals surface area contributed by atoms with Crippen molar-refractivity contribution in [3.63, 3.8) is 0 Å². The fourth-order valence-corrected chi connectivity index (χ4v) is 4.11. The zero-order valence-electron chi connectivity index (χ0n) is 16.9. The minimum absolute atomic E-state index is 0.0413. The zero-order chi connectivity index (χ0) is 19.7. The van der Waals surface area contributed by atoms with Crippen LogP contribution in [0.2, 0.25) is 0 Å². The predicted octanol–water partition coefficient (Wildman–Crippen LogP) is 6.70. The number of nitrogens with zero attached hydrogens (tertiary/aromatic N) is 2. The first-order chi connectivity index (χ1) is 12.8. The Morgan fingerprint density at radius 3 is 2.00 bits per heavy atom. The Morgan fingerprint density at radius 2 is 1.44 bits per heavy atom. The number of fused-ring (bicyclic) bond motifs is 1. The van der Waals surface area contributed by atoms with E-state index >= 15 is 0 Å². The summed E-state index contributed by atoms with van der Waals surface area (Å²) in [7, 11) is 0. The van der Waals surface area contributed by atoms with Crippen molar-refractivity contribution in [2.45, 2.75) is 39.8 Å². The van der Waals surface area contributed by atoms with Gasteiger partial charge in [0.05, 0.1) is 17.4 Å². The van der Waals surface area contributed by atoms with Crippen LogP contribution in [-0.2, 0) is 0 Å². The first-order valence-corrected chi connectivity index (χ1v) is 9.56. The summed E-state index contributed by atoms with van der Waals surface area (Å²) in [5.41, 5.74) is 6.80. The molecular formula is C25H30N2. The molecule has 1 aliphatic rings. The third kappa shape index (κ3) is 3.32. The summed E-state index contributed by atoms with van der Waals surface area (Å²) < 4.78 is 0. The second kappa shape index (κ2) is 7.48. The molecule has 1 unspecified atom stereocenters. The van der Waals surface area contributed by atoms with Gasteiger partial charge < -0.3 is 9.80 Å². The second-order valence-electron chi connectivity index (χ2n) is 7.64. The van der Waals surface area contributed by atoms with E-state index in [0.717, 1.165) is 22.7 Å². The van der Waals surface area contributed by atoms with Gasteiger partial charge in [0, 0.05) is 23.4 Å². The van der Waals surface area contributed by atoms with Crippen LogP contribution in [0.3, 0.4) is 0 Å². The maximum Gasteiger partial charge on any atom is 0.0796 e. The van der Waals surface area contributed by atoms with Crippen molar-refractivity contribution in [1.29, 1.82) is 0 Å². The van der Waals surface area contributed by atoms with Crippen LogP contribution in [0.5, 0.6) is 0 Å². The van der Waals surface area contributed by atoms with E-state index in [0.29, 0.717) is 0 Å². The molecule has 27 heavy (non-hydrogen) atoms. The van der Waals surface area contributed by atoms with E-state index in [4.69, 9.17) is 0 Å². The molecule has 2 nitrogen and oxygen atoms in total. The Kier molecular flexibility index (Phi) is 5.27. The van der Waals surface area contributed by atoms with Crippen molar-refractivity contribution in [3.05, 3.63) is 96.9 Å². The first-order valence-electron chi connectivity index (χ1n) is 9.56. The first kappa shape index (κ1) is 19.0. The maximum absolute atomic E-state index is 4.54. The molecule has 0 N–H and O–H groups in total. The maximum atomic E-state index is 4.54. The van der Waals surface area contributed by atoms with Gasteiger partial charge in [0.15, 0.2) is 0 Å². The van der Waals surface area contributed by atoms with Gasteiger partial charge in [-0.3, -0.25) is 0 Å². The highest BCUT2D eigenvalue weighted by Gasteiger charge is 2.36. The van der Waals surface area contributed by atoms with Gasteiger partial charge in [-0.25, -0.2) is 0 Å². The Bertz CT molecular complexity index is 865. The Hall–Kier alpha value is -2.74. The second-order valence-corrected chi connectivity index (χ2v) is 7.64. The highest BCUT2D eigenvalue weighted by Crippen LogP contribution is 2.46. The van der Waals surface area contributed by atoms with Crippen molar-refractivity contribution in [3.8, 4) is 0 Å². The molecule has 0 bridgehead atoms. The van der Waals surface area contributed by atoms with Gasteiger partial charge in [-0.15, -0.1) is 0 Å². The summed E-state index contributed by atoms with van der Waals surface area (Å²) in [6, 6.07) is 19.4. The minimum Gasteiger partial charge on any atom is -0.341 e. The smallest absolute Gasteiger partial charge is 0.0796 e. The molecule has 0 radical (unpaired) electrons. The fourth-order valence-electron chi connectivity index (χ4n) is 4.11. The number of anilines is 2. The van der Waals surface area contributed by atoms with E-state index in [9.17, 15) is 0 Å². The number of para-hydroxylation sites is 2. The summed E-state index contributed by atoms with van der Waals surface area (Å²) in [5, 5.41) is 0. The van der Waals surface area contributed by atoms with E-state index < -0.39 is 0 Å². The average Bonchev–Trinajstić information content (AvgIpc) is 2.72. The Labute approximate surface area is 164 Å². The van der Waals surface area contributed by atoms with Crippen LogP contribution in [0.1, 0.15) is 39.3 Å². The molecule has 2 aromatic rings. The van der Waals surface area contributed by atoms with Crippen LogP contribution in [0.4, 0.5) is 11.4 Å². The van der Waals surface area contributed by atoms with Gasteiger partial charge in [0.25, 0.3) is 0 Å². The number of hydrogen-bond acceptors (Lipinski definition) is 2. The molecule has 0 aromatic heterocycles. The summed E-state index contributed by atoms with van der Waals surface area (Å²) in [6.07, 6.45) is 0. The molecule has 1 heterocycles. The molecule has 0 saturated heterocycles. The van der Waals surface area contributed by atoms with Crippen molar-refractivity contribution in [2.24, 2.45) is 5.92 Å². The monoisotopic (exact) mass is 358 g/mol. The molecular weight excluding hydrogens is 328 g/mol. The lowest BCUT2D eigenvalue weighted by Gasteiger charge is -2.37. The fraction of sp³-hybridized carbons (Fsp3) is 0.280. The molecule has 3 atom stereocenters. The standard InChI is InChI=1S/C25H30N2/c1-17(2)25(22-13-9-8-10-14-22)27-21(7)19(5)20(6)26(18(3)4)23-15-11-12-16-24(23)27/h8-16,19-20,25H,1,3,7H2,2,4-6H3/t19-,20-,25?/m0/s1. The number of benzene rings is 2. The lowest BCUT2D eigenvalue weighted by Crippen LogP contribution is -2.37. The van der Waals surface area contributed by atoms with Crippen LogP contribution in [-0.4, -0.2) is 6.04 Å². The Morgan fingerprint density at radius 1 is 0.889 bits per heavy atom. The van der Waals surface area contributed by atoms with Gasteiger partial charge in [-0.2, -0.15) is 0 Å². The van der Waals surface area contributed by atoms with Gasteiger partial charge in [-0.1, -0.05) is 74.7 Å². The topological polar surface area (TPSA) is 6.48 Å². The SMILES string of the molecule is C=C(C)C(c1ccccc1)N1C(=C)[C@@H](C)[C@H](C)N(C(=C)C)c2ccccc21. The molecule has 0 aliphatic carbocycles. The normalized spacial score (nSPS) is 20.7. The lowest BCUT2D eigenvalue weighted by atomic mass is 9.94. The van der Waals surface area contributed by atoms with Crippen LogP contribution in [0.25, 0.3) is 0 Å². The third-order valence-electron chi connectivity index (χ3n) is 5.62. The number of rotatable bonds is 4. The minimum atomic E-state index is 0.0413. The summed E-state index contributed by atoms with van der Waals surface area (Å²) in [5.74, 6) is 0.264. The summed E-state index contributed by atoms with van der Waals surface area (Å²) in [4.78, 5) is 4.71. The predicted molar refractivity (Wildman–Crippen MR) is 118 cm³/mol. The van der Waals surface area contributed by atoms with Gasteiger partial charge in [-0.05, 0) is 38.5 Å². The molecule has 2 aromatic carbocycles. The van der Waals surface area contributed by atoms with E-state index in [1.807, 2.05) is 0 Å². The summed E-state index contributed by atoms with van der Waals surface area (Å²) >= 11 is 0. The van der Waals surface area contributed by atoms with Gasteiger partial charge in [0.1, 0.15) is 0 Å². The van der Waals surface area contributed by atoms with E-state index in [1.165, 1.54) is 11.3 Å². The van der Waals surface area contributed by atoms with Crippen molar-refractivity contribution in [2.75, 3.05) is 9.80 Å². The van der Waals surface area contributed by atoms with Crippen LogP contribution >= 0.6 is 0 Å². The van der Waals surface area contributed by atoms with Gasteiger partial charge >= 0.3 is 0 Å². The highest BCUT2D eigenvalue weighted by molar-refractivity contribution is 5.78. The van der Waals surface area contributed by atoms with Crippen LogP contribution in [0, 0.1) is 5.92 Å². The van der Waals surface area contributed by atoms with E-state index in [1.54, 1.807) is 0 Å². The molecule has 140 valence electrons. The van der Waals surface area contributed by atoms with Gasteiger partial charge in [0.2, 0.25) is 0 Å². The molecule has 0 saturated carbocycles.